The third kappa shape index (κ3) is 4.08. The third-order valence-corrected chi connectivity index (χ3v) is 5.90. The minimum Gasteiger partial charge on any atom is -0.362 e. The van der Waals surface area contributed by atoms with Crippen molar-refractivity contribution in [1.29, 1.82) is 0 Å². The van der Waals surface area contributed by atoms with E-state index in [0.29, 0.717) is 31.7 Å². The van der Waals surface area contributed by atoms with E-state index in [1.54, 1.807) is 26.6 Å². The van der Waals surface area contributed by atoms with Crippen molar-refractivity contribution in [2.45, 2.75) is 31.5 Å². The van der Waals surface area contributed by atoms with Crippen molar-refractivity contribution in [2.24, 2.45) is 5.10 Å². The van der Waals surface area contributed by atoms with Crippen molar-refractivity contribution < 1.29 is 23.9 Å². The van der Waals surface area contributed by atoms with E-state index in [4.69, 9.17) is 4.74 Å². The van der Waals surface area contributed by atoms with Crippen LogP contribution in [0.2, 0.25) is 0 Å². The first kappa shape index (κ1) is 20.5. The summed E-state index contributed by atoms with van der Waals surface area (Å²) in [7, 11) is 0. The number of hydrogen-bond acceptors (Lipinski definition) is 7. The zero-order chi connectivity index (χ0) is 21.5. The molecular formula is C19H23N5O5S. The summed E-state index contributed by atoms with van der Waals surface area (Å²) in [6, 6.07) is 1.70. The Morgan fingerprint density at radius 3 is 2.60 bits per heavy atom. The Bertz CT molecular complexity index is 920. The summed E-state index contributed by atoms with van der Waals surface area (Å²) in [4.78, 5) is 51.9. The van der Waals surface area contributed by atoms with Gasteiger partial charge in [-0.05, 0) is 25.3 Å². The Balaban J connectivity index is 1.36. The Morgan fingerprint density at radius 2 is 1.97 bits per heavy atom. The highest BCUT2D eigenvalue weighted by Gasteiger charge is 2.54. The van der Waals surface area contributed by atoms with E-state index >= 15 is 0 Å². The predicted molar refractivity (Wildman–Crippen MR) is 108 cm³/mol. The average molecular weight is 433 g/mol. The van der Waals surface area contributed by atoms with Gasteiger partial charge in [0.05, 0.1) is 38.2 Å². The molecule has 1 aromatic heterocycles. The van der Waals surface area contributed by atoms with Gasteiger partial charge in [-0.15, -0.1) is 0 Å². The molecular weight excluding hydrogens is 410 g/mol. The van der Waals surface area contributed by atoms with E-state index < -0.39 is 11.2 Å². The Hall–Kier alpha value is -2.79. The van der Waals surface area contributed by atoms with Crippen molar-refractivity contribution in [1.82, 2.24) is 20.5 Å². The molecule has 1 spiro atoms. The second-order valence-corrected chi connectivity index (χ2v) is 9.20. The van der Waals surface area contributed by atoms with Gasteiger partial charge in [0.25, 0.3) is 11.8 Å². The van der Waals surface area contributed by atoms with Gasteiger partial charge in [-0.25, -0.2) is 5.43 Å². The molecule has 0 saturated carbocycles. The van der Waals surface area contributed by atoms with Crippen molar-refractivity contribution in [3.05, 3.63) is 22.4 Å². The molecule has 4 amide bonds. The topological polar surface area (TPSA) is 120 Å². The molecule has 2 N–H and O–H groups in total. The van der Waals surface area contributed by atoms with Gasteiger partial charge < -0.3 is 19.9 Å². The quantitative estimate of drug-likeness (QED) is 0.668. The minimum absolute atomic E-state index is 0.0247. The molecule has 3 aliphatic heterocycles. The number of nitrogens with one attached hydrogen (secondary N) is 2. The number of carbonyl (C=O) groups is 4. The molecule has 1 aromatic rings. The first-order chi connectivity index (χ1) is 14.2. The van der Waals surface area contributed by atoms with Gasteiger partial charge in [-0.2, -0.15) is 16.4 Å². The largest absolute Gasteiger partial charge is 0.362 e. The lowest BCUT2D eigenvalue weighted by molar-refractivity contribution is -0.242. The lowest BCUT2D eigenvalue weighted by atomic mass is 9.87. The number of hydrogen-bond donors (Lipinski definition) is 2. The number of hydrazone groups is 1. The number of morpholine rings is 1. The van der Waals surface area contributed by atoms with Crippen LogP contribution >= 0.6 is 11.3 Å². The molecule has 11 heteroatoms. The first-order valence-corrected chi connectivity index (χ1v) is 10.5. The molecule has 30 heavy (non-hydrogen) atoms. The fourth-order valence-corrected chi connectivity index (χ4v) is 4.71. The van der Waals surface area contributed by atoms with E-state index in [0.717, 1.165) is 0 Å². The molecule has 0 bridgehead atoms. The summed E-state index contributed by atoms with van der Waals surface area (Å²) in [5.74, 6) is -1.08. The van der Waals surface area contributed by atoms with Crippen molar-refractivity contribution in [3.8, 4) is 0 Å². The molecule has 160 valence electrons. The molecule has 0 unspecified atom stereocenters. The van der Waals surface area contributed by atoms with Gasteiger partial charge in [-0.1, -0.05) is 0 Å². The standard InChI is InChI=1S/C19H23N5O5S/c1-18(2)8-23(15(26)6-20-16(27)12-3-4-30-7-12)9-19(29-18)10-24(11-19)17(28)13-5-14(25)22-21-13/h3-4,7H,5-6,8-11H2,1-2H3,(H,20,27)(H,22,25). The van der Waals surface area contributed by atoms with Crippen LogP contribution in [0.5, 0.6) is 0 Å². The minimum atomic E-state index is -0.666. The SMILES string of the molecule is CC1(C)CN(C(=O)CNC(=O)c2ccsc2)CC2(CN(C(=O)C3=NNC(=O)C3)C2)O1. The fraction of sp³-hybridized carbons (Fsp3) is 0.526. The fourth-order valence-electron chi connectivity index (χ4n) is 4.08. The molecule has 0 atom stereocenters. The molecule has 0 radical (unpaired) electrons. The van der Waals surface area contributed by atoms with Crippen LogP contribution in [0.15, 0.2) is 21.9 Å². The van der Waals surface area contributed by atoms with Gasteiger partial charge >= 0.3 is 0 Å². The highest BCUT2D eigenvalue weighted by atomic mass is 32.1. The normalized spacial score (nSPS) is 21.7. The summed E-state index contributed by atoms with van der Waals surface area (Å²) in [5, 5.41) is 9.96. The van der Waals surface area contributed by atoms with Crippen LogP contribution in [0.1, 0.15) is 30.6 Å². The van der Waals surface area contributed by atoms with Crippen molar-refractivity contribution >= 4 is 40.7 Å². The second kappa shape index (κ2) is 7.47. The van der Waals surface area contributed by atoms with Crippen LogP contribution < -0.4 is 10.7 Å². The van der Waals surface area contributed by atoms with E-state index in [1.165, 1.54) is 11.3 Å². The van der Waals surface area contributed by atoms with Gasteiger partial charge in [-0.3, -0.25) is 19.2 Å². The van der Waals surface area contributed by atoms with Crippen LogP contribution in [-0.2, 0) is 19.1 Å². The van der Waals surface area contributed by atoms with E-state index in [9.17, 15) is 19.2 Å². The van der Waals surface area contributed by atoms with Gasteiger partial charge in [0.1, 0.15) is 11.3 Å². The number of nitrogens with zero attached hydrogens (tertiary/aromatic N) is 3. The number of likely N-dealkylation sites (tertiary alicyclic amines) is 1. The van der Waals surface area contributed by atoms with Crippen molar-refractivity contribution in [2.75, 3.05) is 32.7 Å². The van der Waals surface area contributed by atoms with Gasteiger partial charge in [0.2, 0.25) is 11.8 Å². The summed E-state index contributed by atoms with van der Waals surface area (Å²) in [6.45, 7) is 5.03. The molecule has 10 nitrogen and oxygen atoms in total. The number of amides is 4. The van der Waals surface area contributed by atoms with E-state index in [-0.39, 0.29) is 42.3 Å². The molecule has 3 aliphatic rings. The molecule has 4 heterocycles. The lowest BCUT2D eigenvalue weighted by Crippen LogP contribution is -2.75. The maximum Gasteiger partial charge on any atom is 0.270 e. The number of carbonyl (C=O) groups excluding carboxylic acids is 4. The average Bonchev–Trinajstić information content (AvgIpc) is 3.33. The molecule has 2 fully saturated rings. The second-order valence-electron chi connectivity index (χ2n) is 8.42. The van der Waals surface area contributed by atoms with Crippen LogP contribution in [0.4, 0.5) is 0 Å². The number of rotatable bonds is 4. The van der Waals surface area contributed by atoms with E-state index in [2.05, 4.69) is 15.8 Å². The molecule has 4 rings (SSSR count). The Kier molecular flexibility index (Phi) is 5.10. The first-order valence-electron chi connectivity index (χ1n) is 9.59. The van der Waals surface area contributed by atoms with Crippen LogP contribution in [0, 0.1) is 0 Å². The zero-order valence-electron chi connectivity index (χ0n) is 16.8. The van der Waals surface area contributed by atoms with E-state index in [1.807, 2.05) is 13.8 Å². The van der Waals surface area contributed by atoms with Gasteiger partial charge in [0.15, 0.2) is 0 Å². The molecule has 0 aromatic carbocycles. The number of ether oxygens (including phenoxy) is 1. The van der Waals surface area contributed by atoms with Crippen LogP contribution in [0.25, 0.3) is 0 Å². The summed E-state index contributed by atoms with van der Waals surface area (Å²) >= 11 is 1.42. The predicted octanol–water partition coefficient (Wildman–Crippen LogP) is -0.428. The monoisotopic (exact) mass is 433 g/mol. The maximum absolute atomic E-state index is 12.8. The zero-order valence-corrected chi connectivity index (χ0v) is 17.6. The molecule has 2 saturated heterocycles. The van der Waals surface area contributed by atoms with Crippen molar-refractivity contribution in [3.63, 3.8) is 0 Å². The summed E-state index contributed by atoms with van der Waals surface area (Å²) in [5.41, 5.74) is 1.74. The van der Waals surface area contributed by atoms with Gasteiger partial charge in [0, 0.05) is 17.5 Å². The lowest BCUT2D eigenvalue weighted by Gasteiger charge is -2.57. The number of thiophene rings is 1. The highest BCUT2D eigenvalue weighted by molar-refractivity contribution is 7.08. The third-order valence-electron chi connectivity index (χ3n) is 5.22. The Labute approximate surface area is 177 Å². The highest BCUT2D eigenvalue weighted by Crippen LogP contribution is 2.36. The summed E-state index contributed by atoms with van der Waals surface area (Å²) < 4.78 is 6.23. The van der Waals surface area contributed by atoms with Crippen LogP contribution in [-0.4, -0.2) is 83.1 Å². The van der Waals surface area contributed by atoms with Crippen LogP contribution in [0.3, 0.4) is 0 Å². The molecule has 0 aliphatic carbocycles. The summed E-state index contributed by atoms with van der Waals surface area (Å²) in [6.07, 6.45) is -0.0247. The smallest absolute Gasteiger partial charge is 0.270 e. The Morgan fingerprint density at radius 1 is 1.23 bits per heavy atom. The maximum atomic E-state index is 12.8.